The lowest BCUT2D eigenvalue weighted by atomic mass is 10.2. The highest BCUT2D eigenvalue weighted by Crippen LogP contribution is 2.13. The van der Waals surface area contributed by atoms with Crippen LogP contribution >= 0.6 is 0 Å². The van der Waals surface area contributed by atoms with E-state index in [0.29, 0.717) is 6.61 Å². The van der Waals surface area contributed by atoms with Gasteiger partial charge in [-0.05, 0) is 37.7 Å². The van der Waals surface area contributed by atoms with Crippen molar-refractivity contribution in [3.05, 3.63) is 35.9 Å². The van der Waals surface area contributed by atoms with Crippen LogP contribution in [0.3, 0.4) is 0 Å². The van der Waals surface area contributed by atoms with E-state index in [4.69, 9.17) is 9.84 Å². The lowest BCUT2D eigenvalue weighted by Crippen LogP contribution is -2.05. The van der Waals surface area contributed by atoms with Crippen LogP contribution in [0.1, 0.15) is 12.0 Å². The van der Waals surface area contributed by atoms with Gasteiger partial charge in [-0.2, -0.15) is 0 Å². The molecular formula is C13H19NO2. The summed E-state index contributed by atoms with van der Waals surface area (Å²) < 4.78 is 5.27. The van der Waals surface area contributed by atoms with E-state index in [2.05, 4.69) is 17.5 Å². The third-order valence-electron chi connectivity index (χ3n) is 2.11. The van der Waals surface area contributed by atoms with E-state index >= 15 is 0 Å². The topological polar surface area (TPSA) is 41.5 Å². The number of benzene rings is 1. The fraction of sp³-hybridized carbons (Fsp3) is 0.385. The fourth-order valence-electron chi connectivity index (χ4n) is 1.29. The molecule has 0 aliphatic carbocycles. The average molecular weight is 221 g/mol. The van der Waals surface area contributed by atoms with Crippen molar-refractivity contribution >= 4 is 6.08 Å². The van der Waals surface area contributed by atoms with Crippen LogP contribution in [0.2, 0.25) is 0 Å². The van der Waals surface area contributed by atoms with E-state index in [0.717, 1.165) is 24.3 Å². The molecule has 0 radical (unpaired) electrons. The molecule has 0 aliphatic heterocycles. The van der Waals surface area contributed by atoms with Gasteiger partial charge < -0.3 is 15.2 Å². The summed E-state index contributed by atoms with van der Waals surface area (Å²) in [5, 5.41) is 11.7. The van der Waals surface area contributed by atoms with Crippen molar-refractivity contribution in [3.8, 4) is 5.75 Å². The molecule has 0 saturated carbocycles. The zero-order valence-corrected chi connectivity index (χ0v) is 9.65. The van der Waals surface area contributed by atoms with Crippen molar-refractivity contribution < 1.29 is 9.84 Å². The van der Waals surface area contributed by atoms with Crippen molar-refractivity contribution in [1.29, 1.82) is 0 Å². The van der Waals surface area contributed by atoms with Crippen LogP contribution in [-0.4, -0.2) is 31.9 Å². The van der Waals surface area contributed by atoms with E-state index in [9.17, 15) is 0 Å². The smallest absolute Gasteiger partial charge is 0.119 e. The van der Waals surface area contributed by atoms with Crippen LogP contribution in [0.5, 0.6) is 5.75 Å². The predicted octanol–water partition coefficient (Wildman–Crippen LogP) is 1.68. The van der Waals surface area contributed by atoms with Crippen LogP contribution < -0.4 is 10.1 Å². The number of aliphatic hydroxyl groups excluding tert-OH is 1. The molecule has 0 fully saturated rings. The molecule has 2 N–H and O–H groups in total. The quantitative estimate of drug-likeness (QED) is 0.688. The Balaban J connectivity index is 2.41. The first-order valence-corrected chi connectivity index (χ1v) is 5.51. The lowest BCUT2D eigenvalue weighted by molar-refractivity contribution is 0.201. The summed E-state index contributed by atoms with van der Waals surface area (Å²) in [6.07, 6.45) is 5.26. The molecule has 0 heterocycles. The third-order valence-corrected chi connectivity index (χ3v) is 2.11. The Labute approximate surface area is 96.8 Å². The van der Waals surface area contributed by atoms with Gasteiger partial charge in [0, 0.05) is 0 Å². The normalized spacial score (nSPS) is 10.9. The van der Waals surface area contributed by atoms with Gasteiger partial charge in [0.25, 0.3) is 0 Å². The first-order chi connectivity index (χ1) is 7.86. The zero-order valence-electron chi connectivity index (χ0n) is 9.65. The van der Waals surface area contributed by atoms with E-state index in [1.807, 2.05) is 31.3 Å². The van der Waals surface area contributed by atoms with Gasteiger partial charge in [-0.15, -0.1) is 0 Å². The monoisotopic (exact) mass is 221 g/mol. The Morgan fingerprint density at radius 3 is 2.69 bits per heavy atom. The van der Waals surface area contributed by atoms with E-state index in [1.54, 1.807) is 0 Å². The molecule has 1 rings (SSSR count). The number of nitrogens with one attached hydrogen (secondary N) is 1. The molecule has 0 saturated heterocycles. The summed E-state index contributed by atoms with van der Waals surface area (Å²) in [5.41, 5.74) is 1.16. The van der Waals surface area contributed by atoms with E-state index in [1.165, 1.54) is 0 Å². The standard InChI is InChI=1S/C13H19NO2/c1-14-9-3-2-4-12-5-7-13(8-6-12)16-11-10-15/h2,4-8,14-15H,3,9-11H2,1H3. The highest BCUT2D eigenvalue weighted by molar-refractivity contribution is 5.50. The Bertz CT molecular complexity index is 306. The maximum atomic E-state index is 8.61. The number of aliphatic hydroxyl groups is 1. The first-order valence-electron chi connectivity index (χ1n) is 5.51. The molecule has 16 heavy (non-hydrogen) atoms. The average Bonchev–Trinajstić information content (AvgIpc) is 2.33. The molecule has 1 aromatic rings. The first kappa shape index (κ1) is 12.7. The van der Waals surface area contributed by atoms with Gasteiger partial charge in [0.15, 0.2) is 0 Å². The molecular weight excluding hydrogens is 202 g/mol. The van der Waals surface area contributed by atoms with Crippen LogP contribution in [0, 0.1) is 0 Å². The molecule has 0 bridgehead atoms. The summed E-state index contributed by atoms with van der Waals surface area (Å²) in [5.74, 6) is 0.793. The predicted molar refractivity (Wildman–Crippen MR) is 66.6 cm³/mol. The van der Waals surface area contributed by atoms with Crippen molar-refractivity contribution in [3.63, 3.8) is 0 Å². The number of hydrogen-bond acceptors (Lipinski definition) is 3. The second-order valence-electron chi connectivity index (χ2n) is 3.44. The van der Waals surface area contributed by atoms with Crippen LogP contribution in [-0.2, 0) is 0 Å². The summed E-state index contributed by atoms with van der Waals surface area (Å²) in [4.78, 5) is 0. The minimum atomic E-state index is 0.0473. The van der Waals surface area contributed by atoms with Crippen molar-refractivity contribution in [2.45, 2.75) is 6.42 Å². The number of hydrogen-bond donors (Lipinski definition) is 2. The second kappa shape index (κ2) is 7.91. The third kappa shape index (κ3) is 4.96. The Kier molecular flexibility index (Phi) is 6.30. The lowest BCUT2D eigenvalue weighted by Gasteiger charge is -2.03. The van der Waals surface area contributed by atoms with Crippen molar-refractivity contribution in [2.24, 2.45) is 0 Å². The Hall–Kier alpha value is -1.32. The highest BCUT2D eigenvalue weighted by atomic mass is 16.5. The van der Waals surface area contributed by atoms with Crippen LogP contribution in [0.15, 0.2) is 30.3 Å². The van der Waals surface area contributed by atoms with Gasteiger partial charge in [0.05, 0.1) is 6.61 Å². The molecule has 0 aromatic heterocycles. The summed E-state index contributed by atoms with van der Waals surface area (Å²) in [7, 11) is 1.95. The summed E-state index contributed by atoms with van der Waals surface area (Å²) in [6.45, 7) is 1.39. The highest BCUT2D eigenvalue weighted by Gasteiger charge is 1.92. The zero-order chi connectivity index (χ0) is 11.6. The van der Waals surface area contributed by atoms with Crippen molar-refractivity contribution in [2.75, 3.05) is 26.8 Å². The molecule has 0 unspecified atom stereocenters. The van der Waals surface area contributed by atoms with Crippen LogP contribution in [0.25, 0.3) is 6.08 Å². The molecule has 0 atom stereocenters. The summed E-state index contributed by atoms with van der Waals surface area (Å²) in [6, 6.07) is 7.83. The van der Waals surface area contributed by atoms with Gasteiger partial charge in [-0.1, -0.05) is 24.3 Å². The molecule has 88 valence electrons. The Morgan fingerprint density at radius 1 is 1.31 bits per heavy atom. The minimum Gasteiger partial charge on any atom is -0.491 e. The second-order valence-corrected chi connectivity index (χ2v) is 3.44. The SMILES string of the molecule is CNCCC=Cc1ccc(OCCO)cc1. The molecule has 0 aliphatic rings. The van der Waals surface area contributed by atoms with Crippen molar-refractivity contribution in [1.82, 2.24) is 5.32 Å². The van der Waals surface area contributed by atoms with Gasteiger partial charge in [0.2, 0.25) is 0 Å². The summed E-state index contributed by atoms with van der Waals surface area (Å²) >= 11 is 0. The molecule has 3 heteroatoms. The number of rotatable bonds is 7. The minimum absolute atomic E-state index is 0.0473. The maximum absolute atomic E-state index is 8.61. The van der Waals surface area contributed by atoms with E-state index < -0.39 is 0 Å². The van der Waals surface area contributed by atoms with Gasteiger partial charge >= 0.3 is 0 Å². The molecule has 3 nitrogen and oxygen atoms in total. The van der Waals surface area contributed by atoms with Crippen LogP contribution in [0.4, 0.5) is 0 Å². The molecule has 0 spiro atoms. The maximum Gasteiger partial charge on any atom is 0.119 e. The van der Waals surface area contributed by atoms with Gasteiger partial charge in [0.1, 0.15) is 12.4 Å². The Morgan fingerprint density at radius 2 is 2.06 bits per heavy atom. The van der Waals surface area contributed by atoms with E-state index in [-0.39, 0.29) is 6.61 Å². The van der Waals surface area contributed by atoms with Gasteiger partial charge in [-0.3, -0.25) is 0 Å². The fourth-order valence-corrected chi connectivity index (χ4v) is 1.29. The molecule has 1 aromatic carbocycles. The van der Waals surface area contributed by atoms with Gasteiger partial charge in [-0.25, -0.2) is 0 Å². The number of ether oxygens (including phenoxy) is 1. The largest absolute Gasteiger partial charge is 0.491 e. The molecule has 0 amide bonds.